The Bertz CT molecular complexity index is 923. The average Bonchev–Trinajstić information content (AvgIpc) is 3.11. The monoisotopic (exact) mass is 396 g/mol. The Morgan fingerprint density at radius 3 is 2.74 bits per heavy atom. The topological polar surface area (TPSA) is 84.9 Å². The third-order valence-electron chi connectivity index (χ3n) is 4.21. The first-order valence-corrected chi connectivity index (χ1v) is 9.75. The van der Waals surface area contributed by atoms with Crippen LogP contribution in [-0.4, -0.2) is 63.1 Å². The highest BCUT2D eigenvalue weighted by molar-refractivity contribution is 7.89. The van der Waals surface area contributed by atoms with Crippen molar-refractivity contribution in [1.29, 1.82) is 0 Å². The smallest absolute Gasteiger partial charge is 0.243 e. The molecule has 1 aromatic carbocycles. The third kappa shape index (κ3) is 4.11. The second kappa shape index (κ2) is 7.65. The number of benzene rings is 1. The third-order valence-corrected chi connectivity index (χ3v) is 6.08. The quantitative estimate of drug-likeness (QED) is 0.732. The Balaban J connectivity index is 1.71. The van der Waals surface area contributed by atoms with Crippen LogP contribution in [0.25, 0.3) is 0 Å². The lowest BCUT2D eigenvalue weighted by atomic mass is 10.3. The molecule has 1 aromatic heterocycles. The summed E-state index contributed by atoms with van der Waals surface area (Å²) in [4.78, 5) is 10.1. The molecule has 0 saturated carbocycles. The molecule has 10 heteroatoms. The van der Waals surface area contributed by atoms with Crippen LogP contribution in [0.1, 0.15) is 6.42 Å². The van der Waals surface area contributed by atoms with Gasteiger partial charge in [-0.1, -0.05) is 0 Å². The van der Waals surface area contributed by atoms with E-state index in [1.807, 2.05) is 14.1 Å². The molecule has 0 unspecified atom stereocenters. The summed E-state index contributed by atoms with van der Waals surface area (Å²) in [5.41, 5.74) is 0. The number of nitrogens with zero attached hydrogens (tertiary/aromatic N) is 4. The second-order valence-corrected chi connectivity index (χ2v) is 8.24. The lowest BCUT2D eigenvalue weighted by molar-refractivity contribution is 0.206. The minimum atomic E-state index is -3.82. The van der Waals surface area contributed by atoms with Crippen LogP contribution in [0.3, 0.4) is 0 Å². The number of hydrogen-bond acceptors (Lipinski definition) is 7. The van der Waals surface area contributed by atoms with Gasteiger partial charge in [0.25, 0.3) is 0 Å². The number of rotatable bonds is 6. The Kier molecular flexibility index (Phi) is 5.47. The van der Waals surface area contributed by atoms with Gasteiger partial charge in [-0.3, -0.25) is 4.98 Å². The van der Waals surface area contributed by atoms with E-state index in [0.29, 0.717) is 18.1 Å². The average molecular weight is 396 g/mol. The molecule has 1 atom stereocenters. The van der Waals surface area contributed by atoms with Crippen LogP contribution in [0.2, 0.25) is 0 Å². The van der Waals surface area contributed by atoms with Crippen LogP contribution in [0.4, 0.5) is 10.2 Å². The molecule has 1 aliphatic rings. The number of sulfonamides is 1. The fraction of sp³-hybridized carbons (Fsp3) is 0.412. The molecular weight excluding hydrogens is 375 g/mol. The zero-order valence-corrected chi connectivity index (χ0v) is 16.1. The minimum Gasteiger partial charge on any atom is -0.494 e. The highest BCUT2D eigenvalue weighted by Crippen LogP contribution is 2.26. The first-order chi connectivity index (χ1) is 12.8. The molecule has 146 valence electrons. The minimum absolute atomic E-state index is 0.00377. The Morgan fingerprint density at radius 2 is 2.07 bits per heavy atom. The van der Waals surface area contributed by atoms with E-state index < -0.39 is 15.8 Å². The van der Waals surface area contributed by atoms with E-state index in [0.717, 1.165) is 6.07 Å². The molecule has 0 N–H and O–H groups in total. The van der Waals surface area contributed by atoms with Gasteiger partial charge in [-0.2, -0.15) is 9.29 Å². The first kappa shape index (κ1) is 19.3. The number of methoxy groups -OCH3 is 1. The van der Waals surface area contributed by atoms with E-state index in [4.69, 9.17) is 9.47 Å². The molecule has 8 nitrogen and oxygen atoms in total. The normalized spacial score (nSPS) is 17.7. The van der Waals surface area contributed by atoms with Gasteiger partial charge >= 0.3 is 0 Å². The number of hydrogen-bond donors (Lipinski definition) is 0. The van der Waals surface area contributed by atoms with Crippen LogP contribution in [0, 0.1) is 5.82 Å². The van der Waals surface area contributed by atoms with Crippen molar-refractivity contribution in [3.63, 3.8) is 0 Å². The lowest BCUT2D eigenvalue weighted by Gasteiger charge is -2.18. The molecule has 1 saturated heterocycles. The zero-order chi connectivity index (χ0) is 19.6. The maximum atomic E-state index is 13.9. The molecule has 1 aliphatic heterocycles. The maximum Gasteiger partial charge on any atom is 0.243 e. The van der Waals surface area contributed by atoms with Crippen molar-refractivity contribution in [3.05, 3.63) is 36.4 Å². The summed E-state index contributed by atoms with van der Waals surface area (Å²) in [6.45, 7) is 0.436. The Morgan fingerprint density at radius 1 is 1.30 bits per heavy atom. The lowest BCUT2D eigenvalue weighted by Crippen LogP contribution is -2.31. The number of halogens is 1. The Labute approximate surface area is 157 Å². The van der Waals surface area contributed by atoms with Gasteiger partial charge in [-0.25, -0.2) is 12.8 Å². The van der Waals surface area contributed by atoms with Gasteiger partial charge in [-0.15, -0.1) is 0 Å². The highest BCUT2D eigenvalue weighted by atomic mass is 32.2. The van der Waals surface area contributed by atoms with E-state index in [9.17, 15) is 12.8 Å². The van der Waals surface area contributed by atoms with Gasteiger partial charge in [0.2, 0.25) is 15.9 Å². The van der Waals surface area contributed by atoms with E-state index in [2.05, 4.69) is 9.97 Å². The molecule has 2 heterocycles. The summed E-state index contributed by atoms with van der Waals surface area (Å²) in [5.74, 6) is 0.252. The summed E-state index contributed by atoms with van der Waals surface area (Å²) in [6.07, 6.45) is 3.25. The number of aromatic nitrogens is 2. The maximum absolute atomic E-state index is 13.9. The van der Waals surface area contributed by atoms with Gasteiger partial charge in [0.1, 0.15) is 6.10 Å². The van der Waals surface area contributed by atoms with Crippen molar-refractivity contribution in [3.8, 4) is 11.6 Å². The van der Waals surface area contributed by atoms with Gasteiger partial charge in [0.05, 0.1) is 30.9 Å². The standard InChI is InChI=1S/C17H21FN4O4S/c1-21(2)16-9-19-10-17(20-16)26-12-6-7-22(11-12)27(23,24)13-4-5-15(25-3)14(18)8-13/h4-5,8-10,12H,6-7,11H2,1-3H3/t12-/m0/s1. The van der Waals surface area contributed by atoms with Crippen LogP contribution >= 0.6 is 0 Å². The summed E-state index contributed by atoms with van der Waals surface area (Å²) in [6, 6.07) is 3.60. The molecule has 27 heavy (non-hydrogen) atoms. The molecule has 0 bridgehead atoms. The van der Waals surface area contributed by atoms with E-state index in [1.165, 1.54) is 29.7 Å². The molecule has 0 radical (unpaired) electrons. The summed E-state index contributed by atoms with van der Waals surface area (Å²) in [7, 11) is 1.18. The van der Waals surface area contributed by atoms with Crippen molar-refractivity contribution in [1.82, 2.24) is 14.3 Å². The zero-order valence-electron chi connectivity index (χ0n) is 15.3. The van der Waals surface area contributed by atoms with Crippen molar-refractivity contribution in [2.75, 3.05) is 39.2 Å². The highest BCUT2D eigenvalue weighted by Gasteiger charge is 2.34. The van der Waals surface area contributed by atoms with Gasteiger partial charge < -0.3 is 14.4 Å². The number of anilines is 1. The van der Waals surface area contributed by atoms with Crippen molar-refractivity contribution in [2.24, 2.45) is 0 Å². The first-order valence-electron chi connectivity index (χ1n) is 8.31. The van der Waals surface area contributed by atoms with Crippen LogP contribution < -0.4 is 14.4 Å². The fourth-order valence-corrected chi connectivity index (χ4v) is 4.25. The molecule has 0 aliphatic carbocycles. The van der Waals surface area contributed by atoms with Crippen molar-refractivity contribution in [2.45, 2.75) is 17.4 Å². The molecule has 1 fully saturated rings. The molecule has 2 aromatic rings. The van der Waals surface area contributed by atoms with E-state index >= 15 is 0 Å². The van der Waals surface area contributed by atoms with Gasteiger partial charge in [0.15, 0.2) is 17.4 Å². The summed E-state index contributed by atoms with van der Waals surface area (Å²) in [5, 5.41) is 0. The molecule has 0 spiro atoms. The van der Waals surface area contributed by atoms with Crippen LogP contribution in [0.5, 0.6) is 11.6 Å². The Hall–Kier alpha value is -2.46. The number of ether oxygens (including phenoxy) is 2. The second-order valence-electron chi connectivity index (χ2n) is 6.30. The van der Waals surface area contributed by atoms with Crippen molar-refractivity contribution >= 4 is 15.8 Å². The predicted molar refractivity (Wildman–Crippen MR) is 97.1 cm³/mol. The summed E-state index contributed by atoms with van der Waals surface area (Å²) >= 11 is 0. The summed E-state index contributed by atoms with van der Waals surface area (Å²) < 4.78 is 51.3. The predicted octanol–water partition coefficient (Wildman–Crippen LogP) is 1.53. The van der Waals surface area contributed by atoms with Crippen LogP contribution in [-0.2, 0) is 10.0 Å². The SMILES string of the molecule is COc1ccc(S(=O)(=O)N2CC[C@H](Oc3cncc(N(C)C)n3)C2)cc1F. The molecule has 3 rings (SSSR count). The van der Waals surface area contributed by atoms with Gasteiger partial charge in [-0.05, 0) is 24.6 Å². The van der Waals surface area contributed by atoms with E-state index in [-0.39, 0.29) is 29.8 Å². The molecule has 0 amide bonds. The largest absolute Gasteiger partial charge is 0.494 e. The van der Waals surface area contributed by atoms with Crippen molar-refractivity contribution < 1.29 is 22.3 Å². The van der Waals surface area contributed by atoms with E-state index in [1.54, 1.807) is 11.1 Å². The van der Waals surface area contributed by atoms with Crippen LogP contribution in [0.15, 0.2) is 35.5 Å². The van der Waals surface area contributed by atoms with Gasteiger partial charge in [0, 0.05) is 20.6 Å². The molecular formula is C17H21FN4O4S. The fourth-order valence-electron chi connectivity index (χ4n) is 2.75.